The summed E-state index contributed by atoms with van der Waals surface area (Å²) in [5.41, 5.74) is 0.810. The van der Waals surface area contributed by atoms with E-state index in [9.17, 15) is 9.90 Å². The fraction of sp³-hybridized carbons (Fsp3) is 0.462. The molecule has 5 heteroatoms. The van der Waals surface area contributed by atoms with E-state index in [1.807, 2.05) is 6.92 Å². The van der Waals surface area contributed by atoms with E-state index in [1.54, 1.807) is 24.3 Å². The van der Waals surface area contributed by atoms with Gasteiger partial charge < -0.3 is 15.7 Å². The standard InChI is InChI=1S/C13H19ClN2O2/c1-2-16-13(18)7-8-15-9-12(17)10-3-5-11(14)6-4-10/h3-6,12,15,17H,2,7-9H2,1H3,(H,16,18). The maximum absolute atomic E-state index is 11.2. The van der Waals surface area contributed by atoms with Gasteiger partial charge in [-0.3, -0.25) is 4.79 Å². The Hall–Kier alpha value is -1.10. The molecule has 1 aromatic rings. The Balaban J connectivity index is 2.23. The zero-order chi connectivity index (χ0) is 13.4. The number of hydrogen-bond donors (Lipinski definition) is 3. The van der Waals surface area contributed by atoms with Gasteiger partial charge in [-0.05, 0) is 24.6 Å². The van der Waals surface area contributed by atoms with Gasteiger partial charge in [0.15, 0.2) is 0 Å². The fourth-order valence-corrected chi connectivity index (χ4v) is 1.66. The monoisotopic (exact) mass is 270 g/mol. The third kappa shape index (κ3) is 5.49. The molecule has 1 amide bonds. The van der Waals surface area contributed by atoms with Crippen molar-refractivity contribution in [2.24, 2.45) is 0 Å². The highest BCUT2D eigenvalue weighted by Gasteiger charge is 2.07. The molecule has 18 heavy (non-hydrogen) atoms. The minimum absolute atomic E-state index is 0.0194. The quantitative estimate of drug-likeness (QED) is 0.658. The van der Waals surface area contributed by atoms with Crippen molar-refractivity contribution in [3.8, 4) is 0 Å². The van der Waals surface area contributed by atoms with Crippen LogP contribution < -0.4 is 10.6 Å². The predicted molar refractivity (Wildman–Crippen MR) is 72.6 cm³/mol. The van der Waals surface area contributed by atoms with Gasteiger partial charge in [0.2, 0.25) is 5.91 Å². The van der Waals surface area contributed by atoms with Crippen LogP contribution in [0.5, 0.6) is 0 Å². The zero-order valence-electron chi connectivity index (χ0n) is 10.4. The molecule has 0 spiro atoms. The Morgan fingerprint density at radius 2 is 2.06 bits per heavy atom. The summed E-state index contributed by atoms with van der Waals surface area (Å²) in [7, 11) is 0. The van der Waals surface area contributed by atoms with Crippen LogP contribution in [0.3, 0.4) is 0 Å². The van der Waals surface area contributed by atoms with Crippen LogP contribution in [0.4, 0.5) is 0 Å². The summed E-state index contributed by atoms with van der Waals surface area (Å²) in [6.45, 7) is 3.50. The molecule has 0 saturated heterocycles. The van der Waals surface area contributed by atoms with Crippen molar-refractivity contribution in [1.29, 1.82) is 0 Å². The number of benzene rings is 1. The van der Waals surface area contributed by atoms with Gasteiger partial charge in [-0.25, -0.2) is 0 Å². The summed E-state index contributed by atoms with van der Waals surface area (Å²) in [4.78, 5) is 11.2. The van der Waals surface area contributed by atoms with Gasteiger partial charge in [0.05, 0.1) is 6.10 Å². The first kappa shape index (κ1) is 15.0. The topological polar surface area (TPSA) is 61.4 Å². The van der Waals surface area contributed by atoms with Gasteiger partial charge in [0, 0.05) is 31.1 Å². The SMILES string of the molecule is CCNC(=O)CCNCC(O)c1ccc(Cl)cc1. The van der Waals surface area contributed by atoms with Crippen LogP contribution in [-0.4, -0.2) is 30.6 Å². The second-order valence-corrected chi connectivity index (χ2v) is 4.41. The molecule has 0 heterocycles. The Morgan fingerprint density at radius 3 is 2.67 bits per heavy atom. The summed E-state index contributed by atoms with van der Waals surface area (Å²) in [6.07, 6.45) is -0.169. The molecule has 1 atom stereocenters. The lowest BCUT2D eigenvalue weighted by molar-refractivity contribution is -0.120. The number of hydrogen-bond acceptors (Lipinski definition) is 3. The summed E-state index contributed by atoms with van der Waals surface area (Å²) in [6, 6.07) is 7.07. The van der Waals surface area contributed by atoms with Crippen molar-refractivity contribution in [2.45, 2.75) is 19.4 Å². The van der Waals surface area contributed by atoms with Gasteiger partial charge >= 0.3 is 0 Å². The largest absolute Gasteiger partial charge is 0.387 e. The number of nitrogens with one attached hydrogen (secondary N) is 2. The molecule has 0 aliphatic carbocycles. The summed E-state index contributed by atoms with van der Waals surface area (Å²) >= 11 is 5.77. The van der Waals surface area contributed by atoms with Gasteiger partial charge in [-0.2, -0.15) is 0 Å². The molecular formula is C13H19ClN2O2. The van der Waals surface area contributed by atoms with Crippen LogP contribution in [0.25, 0.3) is 0 Å². The van der Waals surface area contributed by atoms with Crippen molar-refractivity contribution >= 4 is 17.5 Å². The lowest BCUT2D eigenvalue weighted by atomic mass is 10.1. The minimum atomic E-state index is -0.587. The van der Waals surface area contributed by atoms with Crippen LogP contribution in [0.15, 0.2) is 24.3 Å². The second kappa shape index (κ2) is 8.08. The van der Waals surface area contributed by atoms with E-state index < -0.39 is 6.10 Å². The summed E-state index contributed by atoms with van der Waals surface area (Å²) < 4.78 is 0. The first-order chi connectivity index (χ1) is 8.63. The van der Waals surface area contributed by atoms with Crippen molar-refractivity contribution in [3.05, 3.63) is 34.9 Å². The molecule has 3 N–H and O–H groups in total. The molecule has 0 radical (unpaired) electrons. The lowest BCUT2D eigenvalue weighted by Crippen LogP contribution is -2.29. The fourth-order valence-electron chi connectivity index (χ4n) is 1.53. The third-order valence-electron chi connectivity index (χ3n) is 2.50. The zero-order valence-corrected chi connectivity index (χ0v) is 11.2. The highest BCUT2D eigenvalue weighted by Crippen LogP contribution is 2.15. The van der Waals surface area contributed by atoms with Crippen molar-refractivity contribution in [2.75, 3.05) is 19.6 Å². The predicted octanol–water partition coefficient (Wildman–Crippen LogP) is 1.49. The molecule has 0 aliphatic heterocycles. The average molecular weight is 271 g/mol. The molecule has 0 fully saturated rings. The van der Waals surface area contributed by atoms with E-state index in [0.29, 0.717) is 31.1 Å². The van der Waals surface area contributed by atoms with Gasteiger partial charge in [0.1, 0.15) is 0 Å². The Kier molecular flexibility index (Phi) is 6.72. The van der Waals surface area contributed by atoms with Crippen molar-refractivity contribution in [1.82, 2.24) is 10.6 Å². The number of rotatable bonds is 7. The lowest BCUT2D eigenvalue weighted by Gasteiger charge is -2.12. The Bertz CT molecular complexity index is 368. The van der Waals surface area contributed by atoms with Crippen LogP contribution in [-0.2, 0) is 4.79 Å². The van der Waals surface area contributed by atoms with E-state index >= 15 is 0 Å². The van der Waals surface area contributed by atoms with Gasteiger partial charge in [-0.1, -0.05) is 23.7 Å². The number of aliphatic hydroxyl groups excluding tert-OH is 1. The molecule has 4 nitrogen and oxygen atoms in total. The van der Waals surface area contributed by atoms with Crippen LogP contribution >= 0.6 is 11.6 Å². The number of aliphatic hydroxyl groups is 1. The molecule has 0 aliphatic rings. The van der Waals surface area contributed by atoms with E-state index in [-0.39, 0.29) is 5.91 Å². The molecular weight excluding hydrogens is 252 g/mol. The highest BCUT2D eigenvalue weighted by atomic mass is 35.5. The number of carbonyl (C=O) groups excluding carboxylic acids is 1. The van der Waals surface area contributed by atoms with Crippen LogP contribution in [0, 0.1) is 0 Å². The van der Waals surface area contributed by atoms with E-state index in [1.165, 1.54) is 0 Å². The number of halogens is 1. The summed E-state index contributed by atoms with van der Waals surface area (Å²) in [5.74, 6) is 0.0194. The number of amides is 1. The van der Waals surface area contributed by atoms with E-state index in [0.717, 1.165) is 5.56 Å². The van der Waals surface area contributed by atoms with Gasteiger partial charge in [-0.15, -0.1) is 0 Å². The first-order valence-electron chi connectivity index (χ1n) is 6.04. The van der Waals surface area contributed by atoms with Crippen molar-refractivity contribution < 1.29 is 9.90 Å². The Labute approximate surface area is 112 Å². The third-order valence-corrected chi connectivity index (χ3v) is 2.75. The molecule has 1 aromatic carbocycles. The minimum Gasteiger partial charge on any atom is -0.387 e. The average Bonchev–Trinajstić information content (AvgIpc) is 2.35. The second-order valence-electron chi connectivity index (χ2n) is 3.97. The Morgan fingerprint density at radius 1 is 1.39 bits per heavy atom. The van der Waals surface area contributed by atoms with Gasteiger partial charge in [0.25, 0.3) is 0 Å². The number of carbonyl (C=O) groups is 1. The molecule has 1 unspecified atom stereocenters. The van der Waals surface area contributed by atoms with Crippen molar-refractivity contribution in [3.63, 3.8) is 0 Å². The molecule has 1 rings (SSSR count). The maximum atomic E-state index is 11.2. The normalized spacial score (nSPS) is 12.2. The van der Waals surface area contributed by atoms with E-state index in [4.69, 9.17) is 11.6 Å². The summed E-state index contributed by atoms with van der Waals surface area (Å²) in [5, 5.41) is 16.3. The smallest absolute Gasteiger partial charge is 0.221 e. The van der Waals surface area contributed by atoms with E-state index in [2.05, 4.69) is 10.6 Å². The maximum Gasteiger partial charge on any atom is 0.221 e. The molecule has 0 saturated carbocycles. The molecule has 100 valence electrons. The molecule has 0 bridgehead atoms. The highest BCUT2D eigenvalue weighted by molar-refractivity contribution is 6.30. The first-order valence-corrected chi connectivity index (χ1v) is 6.42. The van der Waals surface area contributed by atoms with Crippen LogP contribution in [0.2, 0.25) is 5.02 Å². The van der Waals surface area contributed by atoms with Crippen LogP contribution in [0.1, 0.15) is 25.0 Å². The molecule has 0 aromatic heterocycles.